The number of hydrazine groups is 2. The molecule has 1 aromatic carbocycles. The Bertz CT molecular complexity index is 466. The average molecular weight is 275 g/mol. The lowest BCUT2D eigenvalue weighted by Gasteiger charge is -2.21. The first-order chi connectivity index (χ1) is 9.84. The van der Waals surface area contributed by atoms with Gasteiger partial charge in [-0.25, -0.2) is 10.9 Å². The smallest absolute Gasteiger partial charge is 0.240 e. The molecule has 0 radical (unpaired) electrons. The highest BCUT2D eigenvalue weighted by atomic mass is 16.2. The van der Waals surface area contributed by atoms with E-state index < -0.39 is 0 Å². The molecule has 1 atom stereocenters. The van der Waals surface area contributed by atoms with Crippen LogP contribution in [0.1, 0.15) is 18.4 Å². The predicted molar refractivity (Wildman–Crippen MR) is 77.8 cm³/mol. The van der Waals surface area contributed by atoms with Gasteiger partial charge in [-0.05, 0) is 24.5 Å². The number of hydrogen-bond acceptors (Lipinski definition) is 5. The number of carbonyl (C=O) groups is 1. The molecule has 20 heavy (non-hydrogen) atoms. The second kappa shape index (κ2) is 6.21. The van der Waals surface area contributed by atoms with Crippen molar-refractivity contribution in [2.24, 2.45) is 0 Å². The van der Waals surface area contributed by atoms with Crippen LogP contribution in [0.25, 0.3) is 0 Å². The summed E-state index contributed by atoms with van der Waals surface area (Å²) in [7, 11) is 0. The van der Waals surface area contributed by atoms with Gasteiger partial charge in [-0.15, -0.1) is 0 Å². The molecule has 2 aliphatic heterocycles. The molecule has 0 saturated carbocycles. The van der Waals surface area contributed by atoms with Crippen molar-refractivity contribution < 1.29 is 4.79 Å². The molecular weight excluding hydrogens is 254 g/mol. The molecule has 2 saturated heterocycles. The van der Waals surface area contributed by atoms with Crippen LogP contribution in [0.4, 0.5) is 5.69 Å². The third-order valence-corrected chi connectivity index (χ3v) is 3.85. The van der Waals surface area contributed by atoms with E-state index in [4.69, 9.17) is 0 Å². The van der Waals surface area contributed by atoms with Crippen LogP contribution < -0.4 is 26.6 Å². The molecule has 1 amide bonds. The summed E-state index contributed by atoms with van der Waals surface area (Å²) in [6, 6.07) is 8.11. The minimum Gasteiger partial charge on any atom is -0.371 e. The molecule has 2 heterocycles. The lowest BCUT2D eigenvalue weighted by molar-refractivity contribution is -0.122. The Morgan fingerprint density at radius 1 is 1.30 bits per heavy atom. The van der Waals surface area contributed by atoms with Crippen LogP contribution in [0.2, 0.25) is 0 Å². The molecule has 6 nitrogen and oxygen atoms in total. The molecule has 0 aromatic heterocycles. The average Bonchev–Trinajstić information content (AvgIpc) is 3.17. The number of para-hydroxylation sites is 1. The Hall–Kier alpha value is -1.63. The number of nitrogens with zero attached hydrogens (tertiary/aromatic N) is 1. The van der Waals surface area contributed by atoms with Crippen molar-refractivity contribution in [3.05, 3.63) is 29.8 Å². The SMILES string of the molecule is O=C(NCc1ccccc1N1CCCC1)C1CNNN1. The van der Waals surface area contributed by atoms with Gasteiger partial charge in [0, 0.05) is 31.9 Å². The van der Waals surface area contributed by atoms with Crippen molar-refractivity contribution in [2.45, 2.75) is 25.4 Å². The van der Waals surface area contributed by atoms with Gasteiger partial charge in [0.1, 0.15) is 6.04 Å². The Labute approximate surface area is 118 Å². The summed E-state index contributed by atoms with van der Waals surface area (Å²) in [5.41, 5.74) is 10.9. The summed E-state index contributed by atoms with van der Waals surface area (Å²) in [6.07, 6.45) is 2.51. The second-order valence-electron chi connectivity index (χ2n) is 5.24. The van der Waals surface area contributed by atoms with E-state index in [1.165, 1.54) is 24.1 Å². The number of amides is 1. The third kappa shape index (κ3) is 2.92. The van der Waals surface area contributed by atoms with Crippen molar-refractivity contribution in [3.63, 3.8) is 0 Å². The summed E-state index contributed by atoms with van der Waals surface area (Å²) in [5.74, 6) is 0.0127. The first kappa shape index (κ1) is 13.4. The van der Waals surface area contributed by atoms with E-state index >= 15 is 0 Å². The molecule has 1 unspecified atom stereocenters. The van der Waals surface area contributed by atoms with Crippen LogP contribution in [0.5, 0.6) is 0 Å². The molecular formula is C14H21N5O. The quantitative estimate of drug-likeness (QED) is 0.617. The Balaban J connectivity index is 1.63. The third-order valence-electron chi connectivity index (χ3n) is 3.85. The fourth-order valence-electron chi connectivity index (χ4n) is 2.73. The van der Waals surface area contributed by atoms with Crippen molar-refractivity contribution in [1.29, 1.82) is 0 Å². The highest BCUT2D eigenvalue weighted by Crippen LogP contribution is 2.24. The zero-order chi connectivity index (χ0) is 13.8. The fourth-order valence-corrected chi connectivity index (χ4v) is 2.73. The molecule has 0 spiro atoms. The monoisotopic (exact) mass is 275 g/mol. The molecule has 3 rings (SSSR count). The molecule has 2 fully saturated rings. The lowest BCUT2D eigenvalue weighted by atomic mass is 10.1. The number of anilines is 1. The van der Waals surface area contributed by atoms with E-state index in [1.807, 2.05) is 6.07 Å². The number of benzene rings is 1. The predicted octanol–water partition coefficient (Wildman–Crippen LogP) is -0.116. The van der Waals surface area contributed by atoms with Gasteiger partial charge < -0.3 is 10.2 Å². The molecule has 108 valence electrons. The van der Waals surface area contributed by atoms with Crippen molar-refractivity contribution in [2.75, 3.05) is 24.5 Å². The van der Waals surface area contributed by atoms with Crippen LogP contribution in [0, 0.1) is 0 Å². The Morgan fingerprint density at radius 3 is 2.85 bits per heavy atom. The van der Waals surface area contributed by atoms with Gasteiger partial charge in [0.05, 0.1) is 0 Å². The molecule has 4 N–H and O–H groups in total. The Kier molecular flexibility index (Phi) is 4.15. The van der Waals surface area contributed by atoms with Crippen LogP contribution in [0.3, 0.4) is 0 Å². The minimum absolute atomic E-state index is 0.0127. The van der Waals surface area contributed by atoms with Crippen LogP contribution in [-0.2, 0) is 11.3 Å². The molecule has 1 aromatic rings. The molecule has 0 bridgehead atoms. The number of carbonyl (C=O) groups excluding carboxylic acids is 1. The second-order valence-corrected chi connectivity index (χ2v) is 5.24. The van der Waals surface area contributed by atoms with E-state index in [0.717, 1.165) is 13.1 Å². The zero-order valence-electron chi connectivity index (χ0n) is 11.5. The minimum atomic E-state index is -0.214. The maximum absolute atomic E-state index is 12.0. The maximum atomic E-state index is 12.0. The summed E-state index contributed by atoms with van der Waals surface area (Å²) in [6.45, 7) is 3.40. The summed E-state index contributed by atoms with van der Waals surface area (Å²) in [5, 5.41) is 3.00. The number of hydrogen-bond donors (Lipinski definition) is 4. The number of nitrogens with one attached hydrogen (secondary N) is 4. The van der Waals surface area contributed by atoms with E-state index in [-0.39, 0.29) is 11.9 Å². The normalized spacial score (nSPS) is 22.2. The standard InChI is InChI=1S/C14H21N5O/c20-14(12-10-16-18-17-12)15-9-11-5-1-2-6-13(11)19-7-3-4-8-19/h1-2,5-6,12,16-18H,3-4,7-10H2,(H,15,20). The molecule has 2 aliphatic rings. The topological polar surface area (TPSA) is 68.4 Å². The van der Waals surface area contributed by atoms with Crippen molar-refractivity contribution >= 4 is 11.6 Å². The van der Waals surface area contributed by atoms with Crippen LogP contribution in [-0.4, -0.2) is 31.6 Å². The van der Waals surface area contributed by atoms with Gasteiger partial charge in [0.25, 0.3) is 0 Å². The molecule has 6 heteroatoms. The Morgan fingerprint density at radius 2 is 2.10 bits per heavy atom. The summed E-state index contributed by atoms with van der Waals surface area (Å²) < 4.78 is 0. The van der Waals surface area contributed by atoms with Gasteiger partial charge >= 0.3 is 0 Å². The number of rotatable bonds is 4. The summed E-state index contributed by atoms with van der Waals surface area (Å²) >= 11 is 0. The first-order valence-electron chi connectivity index (χ1n) is 7.18. The van der Waals surface area contributed by atoms with E-state index in [2.05, 4.69) is 44.8 Å². The van der Waals surface area contributed by atoms with Gasteiger partial charge in [0.15, 0.2) is 0 Å². The van der Waals surface area contributed by atoms with Gasteiger partial charge in [-0.1, -0.05) is 18.2 Å². The fraction of sp³-hybridized carbons (Fsp3) is 0.500. The first-order valence-corrected chi connectivity index (χ1v) is 7.18. The van der Waals surface area contributed by atoms with Gasteiger partial charge in [-0.3, -0.25) is 4.79 Å². The highest BCUT2D eigenvalue weighted by molar-refractivity contribution is 5.82. The molecule has 0 aliphatic carbocycles. The van der Waals surface area contributed by atoms with Crippen molar-refractivity contribution in [3.8, 4) is 0 Å². The maximum Gasteiger partial charge on any atom is 0.240 e. The van der Waals surface area contributed by atoms with E-state index in [9.17, 15) is 4.79 Å². The van der Waals surface area contributed by atoms with Gasteiger partial charge in [-0.2, -0.15) is 5.53 Å². The van der Waals surface area contributed by atoms with Crippen LogP contribution >= 0.6 is 0 Å². The van der Waals surface area contributed by atoms with E-state index in [0.29, 0.717) is 13.1 Å². The zero-order valence-corrected chi connectivity index (χ0v) is 11.5. The van der Waals surface area contributed by atoms with Crippen molar-refractivity contribution in [1.82, 2.24) is 21.7 Å². The largest absolute Gasteiger partial charge is 0.371 e. The van der Waals surface area contributed by atoms with Crippen LogP contribution in [0.15, 0.2) is 24.3 Å². The lowest BCUT2D eigenvalue weighted by Crippen LogP contribution is -2.44. The van der Waals surface area contributed by atoms with Gasteiger partial charge in [0.2, 0.25) is 5.91 Å². The van der Waals surface area contributed by atoms with E-state index in [1.54, 1.807) is 0 Å². The highest BCUT2D eigenvalue weighted by Gasteiger charge is 2.22. The summed E-state index contributed by atoms with van der Waals surface area (Å²) in [4.78, 5) is 14.4.